The lowest BCUT2D eigenvalue weighted by Crippen LogP contribution is -2.28. The summed E-state index contributed by atoms with van der Waals surface area (Å²) in [5.41, 5.74) is -0.744. The van der Waals surface area contributed by atoms with Gasteiger partial charge in [-0.25, -0.2) is 4.98 Å². The SMILES string of the molecule is CC(=O)NC(C)C#Cc1cnc(Oc2cccc(Oc3ccc(C(F)(F)F)cc3)c2)s1. The number of rotatable bonds is 5. The first kappa shape index (κ1) is 22.2. The molecule has 0 aliphatic heterocycles. The molecular formula is C22H17F3N2O3S. The van der Waals surface area contributed by atoms with Crippen molar-refractivity contribution >= 4 is 17.2 Å². The molecule has 1 unspecified atom stereocenters. The van der Waals surface area contributed by atoms with E-state index in [1.54, 1.807) is 37.4 Å². The van der Waals surface area contributed by atoms with Crippen LogP contribution in [0.1, 0.15) is 24.3 Å². The molecule has 0 fully saturated rings. The second-order valence-electron chi connectivity index (χ2n) is 6.38. The minimum Gasteiger partial charge on any atom is -0.457 e. The molecule has 0 aliphatic carbocycles. The van der Waals surface area contributed by atoms with Gasteiger partial charge in [-0.15, -0.1) is 0 Å². The van der Waals surface area contributed by atoms with Crippen LogP contribution in [0.25, 0.3) is 0 Å². The average Bonchev–Trinajstić information content (AvgIpc) is 3.13. The molecule has 9 heteroatoms. The third kappa shape index (κ3) is 6.76. The van der Waals surface area contributed by atoms with Gasteiger partial charge < -0.3 is 14.8 Å². The monoisotopic (exact) mass is 446 g/mol. The Labute approximate surface area is 180 Å². The number of ether oxygens (including phenoxy) is 2. The van der Waals surface area contributed by atoms with Crippen LogP contribution < -0.4 is 14.8 Å². The van der Waals surface area contributed by atoms with Gasteiger partial charge in [-0.05, 0) is 43.3 Å². The molecule has 160 valence electrons. The number of nitrogens with zero attached hydrogens (tertiary/aromatic N) is 1. The van der Waals surface area contributed by atoms with Gasteiger partial charge in [0.1, 0.15) is 22.1 Å². The highest BCUT2D eigenvalue weighted by molar-refractivity contribution is 7.13. The lowest BCUT2D eigenvalue weighted by atomic mass is 10.2. The van der Waals surface area contributed by atoms with Crippen molar-refractivity contribution in [1.29, 1.82) is 0 Å². The summed E-state index contributed by atoms with van der Waals surface area (Å²) in [6.07, 6.45) is -2.83. The number of alkyl halides is 3. The topological polar surface area (TPSA) is 60.5 Å². The third-order valence-electron chi connectivity index (χ3n) is 3.74. The quantitative estimate of drug-likeness (QED) is 0.517. The molecule has 1 amide bonds. The molecule has 0 spiro atoms. The Hall–Kier alpha value is -3.51. The fourth-order valence-electron chi connectivity index (χ4n) is 2.43. The molecule has 1 atom stereocenters. The van der Waals surface area contributed by atoms with E-state index in [1.165, 1.54) is 30.4 Å². The van der Waals surface area contributed by atoms with E-state index in [-0.39, 0.29) is 17.7 Å². The number of thiazole rings is 1. The lowest BCUT2D eigenvalue weighted by Gasteiger charge is -2.10. The van der Waals surface area contributed by atoms with Crippen molar-refractivity contribution in [3.05, 3.63) is 65.2 Å². The molecule has 1 N–H and O–H groups in total. The lowest BCUT2D eigenvalue weighted by molar-refractivity contribution is -0.137. The van der Waals surface area contributed by atoms with E-state index >= 15 is 0 Å². The van der Waals surface area contributed by atoms with Crippen molar-refractivity contribution < 1.29 is 27.4 Å². The van der Waals surface area contributed by atoms with E-state index in [2.05, 4.69) is 22.1 Å². The first-order chi connectivity index (χ1) is 14.7. The van der Waals surface area contributed by atoms with E-state index in [1.807, 2.05) is 0 Å². The van der Waals surface area contributed by atoms with Crippen LogP contribution in [0.15, 0.2) is 54.7 Å². The molecule has 0 saturated carbocycles. The highest BCUT2D eigenvalue weighted by Crippen LogP contribution is 2.33. The van der Waals surface area contributed by atoms with Crippen LogP contribution in [0.3, 0.4) is 0 Å². The third-order valence-corrected chi connectivity index (χ3v) is 4.53. The van der Waals surface area contributed by atoms with Gasteiger partial charge in [0.2, 0.25) is 5.91 Å². The van der Waals surface area contributed by atoms with Gasteiger partial charge in [0, 0.05) is 13.0 Å². The van der Waals surface area contributed by atoms with Crippen molar-refractivity contribution in [2.24, 2.45) is 0 Å². The molecule has 5 nitrogen and oxygen atoms in total. The Morgan fingerprint density at radius 3 is 2.42 bits per heavy atom. The number of benzene rings is 2. The highest BCUT2D eigenvalue weighted by atomic mass is 32.1. The summed E-state index contributed by atoms with van der Waals surface area (Å²) in [5, 5.41) is 3.03. The summed E-state index contributed by atoms with van der Waals surface area (Å²) in [5.74, 6) is 6.78. The van der Waals surface area contributed by atoms with Crippen molar-refractivity contribution in [2.75, 3.05) is 0 Å². The highest BCUT2D eigenvalue weighted by Gasteiger charge is 2.30. The van der Waals surface area contributed by atoms with Gasteiger partial charge >= 0.3 is 6.18 Å². The standard InChI is InChI=1S/C22H17F3N2O3S/c1-14(27-15(2)28)6-11-20-13-26-21(31-20)30-19-5-3-4-18(12-19)29-17-9-7-16(8-10-17)22(23,24)25/h3-5,7-10,12-14H,1-2H3,(H,27,28). The van der Waals surface area contributed by atoms with Crippen LogP contribution in [-0.2, 0) is 11.0 Å². The molecule has 3 aromatic rings. The molecule has 2 aromatic carbocycles. The first-order valence-electron chi connectivity index (χ1n) is 9.06. The summed E-state index contributed by atoms with van der Waals surface area (Å²) >= 11 is 1.24. The maximum absolute atomic E-state index is 12.7. The van der Waals surface area contributed by atoms with E-state index in [0.29, 0.717) is 21.6 Å². The van der Waals surface area contributed by atoms with Crippen molar-refractivity contribution in [3.8, 4) is 34.3 Å². The predicted octanol–water partition coefficient (Wildman–Crippen LogP) is 5.62. The second-order valence-corrected chi connectivity index (χ2v) is 7.38. The zero-order chi connectivity index (χ0) is 22.4. The van der Waals surface area contributed by atoms with Crippen LogP contribution >= 0.6 is 11.3 Å². The molecule has 0 radical (unpaired) electrons. The number of hydrogen-bond donors (Lipinski definition) is 1. The van der Waals surface area contributed by atoms with Crippen molar-refractivity contribution in [2.45, 2.75) is 26.1 Å². The minimum atomic E-state index is -4.40. The molecule has 3 rings (SSSR count). The summed E-state index contributed by atoms with van der Waals surface area (Å²) in [6, 6.07) is 10.8. The number of amides is 1. The molecule has 1 heterocycles. The zero-order valence-corrected chi connectivity index (χ0v) is 17.3. The van der Waals surface area contributed by atoms with Crippen molar-refractivity contribution in [3.63, 3.8) is 0 Å². The smallest absolute Gasteiger partial charge is 0.416 e. The molecule has 31 heavy (non-hydrogen) atoms. The number of nitrogens with one attached hydrogen (secondary N) is 1. The molecular weight excluding hydrogens is 429 g/mol. The fourth-order valence-corrected chi connectivity index (χ4v) is 3.08. The summed E-state index contributed by atoms with van der Waals surface area (Å²) < 4.78 is 49.3. The fraction of sp³-hybridized carbons (Fsp3) is 0.182. The van der Waals surface area contributed by atoms with Gasteiger partial charge in [0.15, 0.2) is 0 Å². The van der Waals surface area contributed by atoms with E-state index in [9.17, 15) is 18.0 Å². The summed E-state index contributed by atoms with van der Waals surface area (Å²) in [6.45, 7) is 3.20. The van der Waals surface area contributed by atoms with Crippen LogP contribution in [0.5, 0.6) is 22.4 Å². The number of carbonyl (C=O) groups excluding carboxylic acids is 1. The molecule has 0 saturated heterocycles. The zero-order valence-electron chi connectivity index (χ0n) is 16.5. The van der Waals surface area contributed by atoms with Gasteiger partial charge in [-0.3, -0.25) is 4.79 Å². The first-order valence-corrected chi connectivity index (χ1v) is 9.88. The summed E-state index contributed by atoms with van der Waals surface area (Å²) in [7, 11) is 0. The van der Waals surface area contributed by atoms with Crippen molar-refractivity contribution in [1.82, 2.24) is 10.3 Å². The van der Waals surface area contributed by atoms with Gasteiger partial charge in [0.05, 0.1) is 17.8 Å². The number of halogens is 3. The number of aromatic nitrogens is 1. The normalized spacial score (nSPS) is 11.8. The minimum absolute atomic E-state index is 0.159. The van der Waals surface area contributed by atoms with Gasteiger partial charge in [-0.1, -0.05) is 29.2 Å². The second kappa shape index (κ2) is 9.53. The average molecular weight is 446 g/mol. The Morgan fingerprint density at radius 1 is 1.10 bits per heavy atom. The Bertz CT molecular complexity index is 1120. The van der Waals surface area contributed by atoms with E-state index in [4.69, 9.17) is 9.47 Å². The van der Waals surface area contributed by atoms with Crippen LogP contribution in [0.4, 0.5) is 13.2 Å². The Balaban J connectivity index is 1.64. The van der Waals surface area contributed by atoms with E-state index in [0.717, 1.165) is 12.1 Å². The summed E-state index contributed by atoms with van der Waals surface area (Å²) in [4.78, 5) is 15.8. The van der Waals surface area contributed by atoms with Gasteiger partial charge in [0.25, 0.3) is 5.19 Å². The molecule has 1 aromatic heterocycles. The van der Waals surface area contributed by atoms with Crippen LogP contribution in [-0.4, -0.2) is 16.9 Å². The molecule has 0 bridgehead atoms. The Morgan fingerprint density at radius 2 is 1.77 bits per heavy atom. The van der Waals surface area contributed by atoms with E-state index < -0.39 is 11.7 Å². The maximum Gasteiger partial charge on any atom is 0.416 e. The maximum atomic E-state index is 12.7. The Kier molecular flexibility index (Phi) is 6.82. The van der Waals surface area contributed by atoms with Crippen LogP contribution in [0, 0.1) is 11.8 Å². The van der Waals surface area contributed by atoms with Crippen LogP contribution in [0.2, 0.25) is 0 Å². The molecule has 0 aliphatic rings. The largest absolute Gasteiger partial charge is 0.457 e. The predicted molar refractivity (Wildman–Crippen MR) is 110 cm³/mol. The number of carbonyl (C=O) groups is 1. The van der Waals surface area contributed by atoms with Gasteiger partial charge in [-0.2, -0.15) is 13.2 Å². The number of hydrogen-bond acceptors (Lipinski definition) is 5.